The standard InChI is InChI=1S/C19H19FN4O/c1-23-8-9-24(11-18(23)13-2-5-15(20)6-3-13)19(25)14-4-7-16-17(10-14)22-12-21-16/h2-7,10,12,18H,8-9,11H2,1H3,(H,21,22). The van der Waals surface area contributed by atoms with Gasteiger partial charge in [0, 0.05) is 25.2 Å². The highest BCUT2D eigenvalue weighted by molar-refractivity contribution is 5.97. The van der Waals surface area contributed by atoms with Crippen molar-refractivity contribution < 1.29 is 9.18 Å². The number of fused-ring (bicyclic) bond motifs is 1. The molecule has 1 fully saturated rings. The summed E-state index contributed by atoms with van der Waals surface area (Å²) in [6.07, 6.45) is 1.62. The number of carbonyl (C=O) groups excluding carboxylic acids is 1. The maximum absolute atomic E-state index is 13.2. The maximum Gasteiger partial charge on any atom is 0.254 e. The van der Waals surface area contributed by atoms with Crippen LogP contribution in [-0.4, -0.2) is 52.4 Å². The van der Waals surface area contributed by atoms with Gasteiger partial charge in [-0.15, -0.1) is 0 Å². The number of imidazole rings is 1. The maximum atomic E-state index is 13.2. The highest BCUT2D eigenvalue weighted by Crippen LogP contribution is 2.25. The predicted octanol–water partition coefficient (Wildman–Crippen LogP) is 2.83. The van der Waals surface area contributed by atoms with E-state index in [0.717, 1.165) is 23.1 Å². The second-order valence-corrected chi connectivity index (χ2v) is 6.43. The Balaban J connectivity index is 1.57. The van der Waals surface area contributed by atoms with E-state index in [1.54, 1.807) is 18.5 Å². The number of benzene rings is 2. The Labute approximate surface area is 145 Å². The van der Waals surface area contributed by atoms with Crippen molar-refractivity contribution in [3.8, 4) is 0 Å². The first-order valence-electron chi connectivity index (χ1n) is 8.30. The number of hydrogen-bond acceptors (Lipinski definition) is 3. The van der Waals surface area contributed by atoms with Crippen molar-refractivity contribution in [3.05, 3.63) is 65.7 Å². The summed E-state index contributed by atoms with van der Waals surface area (Å²) in [5.41, 5.74) is 3.37. The number of H-pyrrole nitrogens is 1. The van der Waals surface area contributed by atoms with Gasteiger partial charge in [0.2, 0.25) is 0 Å². The fourth-order valence-electron chi connectivity index (χ4n) is 3.35. The molecule has 4 rings (SSSR count). The lowest BCUT2D eigenvalue weighted by molar-refractivity contribution is 0.0546. The van der Waals surface area contributed by atoms with Crippen LogP contribution in [0.25, 0.3) is 11.0 Å². The zero-order valence-corrected chi connectivity index (χ0v) is 13.9. The van der Waals surface area contributed by atoms with Gasteiger partial charge in [0.1, 0.15) is 5.82 Å². The third kappa shape index (κ3) is 3.00. The number of aromatic nitrogens is 2. The van der Waals surface area contributed by atoms with Crippen LogP contribution in [0.5, 0.6) is 0 Å². The summed E-state index contributed by atoms with van der Waals surface area (Å²) in [4.78, 5) is 24.2. The quantitative estimate of drug-likeness (QED) is 0.782. The van der Waals surface area contributed by atoms with Crippen molar-refractivity contribution in [2.75, 3.05) is 26.7 Å². The zero-order valence-electron chi connectivity index (χ0n) is 13.9. The molecule has 1 unspecified atom stereocenters. The molecule has 0 aliphatic carbocycles. The second kappa shape index (κ2) is 6.29. The normalized spacial score (nSPS) is 18.6. The Bertz CT molecular complexity index is 905. The zero-order chi connectivity index (χ0) is 17.4. The van der Waals surface area contributed by atoms with Crippen LogP contribution in [0.2, 0.25) is 0 Å². The molecule has 1 N–H and O–H groups in total. The predicted molar refractivity (Wildman–Crippen MR) is 93.8 cm³/mol. The van der Waals surface area contributed by atoms with Gasteiger partial charge < -0.3 is 9.88 Å². The largest absolute Gasteiger partial charge is 0.345 e. The molecule has 5 nitrogen and oxygen atoms in total. The summed E-state index contributed by atoms with van der Waals surface area (Å²) in [5, 5.41) is 0. The lowest BCUT2D eigenvalue weighted by Crippen LogP contribution is -2.49. The molecule has 25 heavy (non-hydrogen) atoms. The van der Waals surface area contributed by atoms with Crippen LogP contribution in [-0.2, 0) is 0 Å². The third-order valence-electron chi connectivity index (χ3n) is 4.86. The average molecular weight is 338 g/mol. The number of halogens is 1. The van der Waals surface area contributed by atoms with E-state index in [1.807, 2.05) is 30.1 Å². The topological polar surface area (TPSA) is 52.2 Å². The van der Waals surface area contributed by atoms with E-state index in [-0.39, 0.29) is 17.8 Å². The molecule has 1 aliphatic heterocycles. The van der Waals surface area contributed by atoms with Crippen molar-refractivity contribution in [2.45, 2.75) is 6.04 Å². The molecule has 128 valence electrons. The van der Waals surface area contributed by atoms with Gasteiger partial charge in [0.15, 0.2) is 0 Å². The molecule has 2 aromatic carbocycles. The summed E-state index contributed by atoms with van der Waals surface area (Å²) in [6, 6.07) is 12.1. The molecule has 1 atom stereocenters. The first-order valence-corrected chi connectivity index (χ1v) is 8.30. The molecule has 1 aliphatic rings. The molecule has 0 saturated carbocycles. The fraction of sp³-hybridized carbons (Fsp3) is 0.263. The van der Waals surface area contributed by atoms with E-state index in [2.05, 4.69) is 14.9 Å². The van der Waals surface area contributed by atoms with Crippen LogP contribution in [0.1, 0.15) is 22.0 Å². The minimum atomic E-state index is -0.247. The monoisotopic (exact) mass is 338 g/mol. The summed E-state index contributed by atoms with van der Waals surface area (Å²) in [7, 11) is 2.03. The third-order valence-corrected chi connectivity index (χ3v) is 4.86. The number of piperazine rings is 1. The van der Waals surface area contributed by atoms with Gasteiger partial charge in [0.25, 0.3) is 5.91 Å². The fourth-order valence-corrected chi connectivity index (χ4v) is 3.35. The number of amides is 1. The minimum Gasteiger partial charge on any atom is -0.345 e. The Hall–Kier alpha value is -2.73. The molecule has 2 heterocycles. The van der Waals surface area contributed by atoms with Gasteiger partial charge in [-0.05, 0) is 42.9 Å². The van der Waals surface area contributed by atoms with Gasteiger partial charge >= 0.3 is 0 Å². The van der Waals surface area contributed by atoms with Crippen LogP contribution in [0.3, 0.4) is 0 Å². The van der Waals surface area contributed by atoms with Crippen molar-refractivity contribution >= 4 is 16.9 Å². The van der Waals surface area contributed by atoms with Gasteiger partial charge in [-0.1, -0.05) is 12.1 Å². The molecule has 0 bridgehead atoms. The SMILES string of the molecule is CN1CCN(C(=O)c2ccc3nc[nH]c3c2)CC1c1ccc(F)cc1. The molecule has 3 aromatic rings. The Morgan fingerprint density at radius 3 is 2.80 bits per heavy atom. The van der Waals surface area contributed by atoms with Crippen LogP contribution >= 0.6 is 0 Å². The Kier molecular flexibility index (Phi) is 3.97. The lowest BCUT2D eigenvalue weighted by Gasteiger charge is -2.39. The summed E-state index contributed by atoms with van der Waals surface area (Å²) >= 11 is 0. The average Bonchev–Trinajstić information content (AvgIpc) is 3.10. The van der Waals surface area contributed by atoms with Crippen LogP contribution in [0.4, 0.5) is 4.39 Å². The number of nitrogens with one attached hydrogen (secondary N) is 1. The number of aromatic amines is 1. The molecule has 1 amide bonds. The van der Waals surface area contributed by atoms with Crippen LogP contribution in [0, 0.1) is 5.82 Å². The first kappa shape index (κ1) is 15.8. The summed E-state index contributed by atoms with van der Waals surface area (Å²) in [5.74, 6) is -0.236. The van der Waals surface area contributed by atoms with Crippen molar-refractivity contribution in [1.82, 2.24) is 19.8 Å². The number of hydrogen-bond donors (Lipinski definition) is 1. The number of likely N-dealkylation sites (N-methyl/N-ethyl adjacent to an activating group) is 1. The lowest BCUT2D eigenvalue weighted by atomic mass is 10.0. The van der Waals surface area contributed by atoms with Crippen LogP contribution < -0.4 is 0 Å². The molecule has 6 heteroatoms. The Morgan fingerprint density at radius 1 is 1.20 bits per heavy atom. The van der Waals surface area contributed by atoms with Crippen molar-refractivity contribution in [2.24, 2.45) is 0 Å². The van der Waals surface area contributed by atoms with E-state index in [9.17, 15) is 9.18 Å². The molecular formula is C19H19FN4O. The molecule has 1 saturated heterocycles. The summed E-state index contributed by atoms with van der Waals surface area (Å²) in [6.45, 7) is 2.04. The Morgan fingerprint density at radius 2 is 2.00 bits per heavy atom. The van der Waals surface area contributed by atoms with E-state index in [0.29, 0.717) is 18.7 Å². The smallest absolute Gasteiger partial charge is 0.254 e. The molecular weight excluding hydrogens is 319 g/mol. The van der Waals surface area contributed by atoms with Gasteiger partial charge in [-0.3, -0.25) is 9.69 Å². The molecule has 1 aromatic heterocycles. The van der Waals surface area contributed by atoms with Gasteiger partial charge in [-0.25, -0.2) is 9.37 Å². The van der Waals surface area contributed by atoms with Crippen molar-refractivity contribution in [1.29, 1.82) is 0 Å². The molecule has 0 radical (unpaired) electrons. The van der Waals surface area contributed by atoms with E-state index >= 15 is 0 Å². The van der Waals surface area contributed by atoms with Crippen molar-refractivity contribution in [3.63, 3.8) is 0 Å². The minimum absolute atomic E-state index is 0.0108. The van der Waals surface area contributed by atoms with Crippen LogP contribution in [0.15, 0.2) is 48.8 Å². The number of carbonyl (C=O) groups is 1. The highest BCUT2D eigenvalue weighted by Gasteiger charge is 2.29. The summed E-state index contributed by atoms with van der Waals surface area (Å²) < 4.78 is 13.2. The van der Waals surface area contributed by atoms with Gasteiger partial charge in [0.05, 0.1) is 23.4 Å². The number of rotatable bonds is 2. The number of nitrogens with zero attached hydrogens (tertiary/aromatic N) is 3. The molecule has 0 spiro atoms. The highest BCUT2D eigenvalue weighted by atomic mass is 19.1. The van der Waals surface area contributed by atoms with E-state index in [1.165, 1.54) is 12.1 Å². The van der Waals surface area contributed by atoms with E-state index < -0.39 is 0 Å². The first-order chi connectivity index (χ1) is 12.1. The van der Waals surface area contributed by atoms with Gasteiger partial charge in [-0.2, -0.15) is 0 Å². The second-order valence-electron chi connectivity index (χ2n) is 6.43. The van der Waals surface area contributed by atoms with E-state index in [4.69, 9.17) is 0 Å².